The number of carbonyl (C=O) groups excluding carboxylic acids is 1. The highest BCUT2D eigenvalue weighted by atomic mass is 19.2. The average molecular weight is 589 g/mol. The molecule has 1 saturated heterocycles. The Kier molecular flexibility index (Phi) is 7.93. The second-order valence-electron chi connectivity index (χ2n) is 11.5. The molecule has 6 rings (SSSR count). The van der Waals surface area contributed by atoms with Gasteiger partial charge in [-0.05, 0) is 42.3 Å². The van der Waals surface area contributed by atoms with E-state index in [1.54, 1.807) is 22.9 Å². The molecule has 9 nitrogen and oxygen atoms in total. The lowest BCUT2D eigenvalue weighted by Crippen LogP contribution is -3.10. The van der Waals surface area contributed by atoms with E-state index in [1.807, 2.05) is 19.1 Å². The van der Waals surface area contributed by atoms with Crippen molar-refractivity contribution in [1.29, 1.82) is 0 Å². The Balaban J connectivity index is 1.19. The van der Waals surface area contributed by atoms with E-state index < -0.39 is 11.6 Å². The lowest BCUT2D eigenvalue weighted by atomic mass is 10.0. The van der Waals surface area contributed by atoms with Crippen LogP contribution in [0.3, 0.4) is 0 Å². The molecule has 2 fully saturated rings. The van der Waals surface area contributed by atoms with Gasteiger partial charge in [-0.15, -0.1) is 0 Å². The monoisotopic (exact) mass is 588 g/mol. The number of fused-ring (bicyclic) bond motifs is 1. The van der Waals surface area contributed by atoms with Gasteiger partial charge in [0.15, 0.2) is 23.0 Å². The molecule has 11 heteroatoms. The van der Waals surface area contributed by atoms with E-state index in [9.17, 15) is 13.6 Å². The molecule has 1 aliphatic heterocycles. The summed E-state index contributed by atoms with van der Waals surface area (Å²) in [6.45, 7) is 8.49. The number of aromatic nitrogens is 3. The number of ether oxygens (including phenoxy) is 1. The number of halogens is 2. The van der Waals surface area contributed by atoms with Crippen LogP contribution in [0.4, 0.5) is 20.3 Å². The fraction of sp³-hybridized carbons (Fsp3) is 0.375. The number of hydrogen-bond acceptors (Lipinski definition) is 6. The smallest absolute Gasteiger partial charge is 0.277 e. The van der Waals surface area contributed by atoms with E-state index in [2.05, 4.69) is 39.6 Å². The van der Waals surface area contributed by atoms with Gasteiger partial charge in [0.2, 0.25) is 5.82 Å². The third kappa shape index (κ3) is 5.62. The number of hydrogen-bond donors (Lipinski definition) is 3. The molecule has 2 aromatic heterocycles. The van der Waals surface area contributed by atoms with E-state index in [4.69, 9.17) is 4.74 Å². The summed E-state index contributed by atoms with van der Waals surface area (Å²) in [6.07, 6.45) is 5.32. The average Bonchev–Trinajstić information content (AvgIpc) is 3.35. The minimum Gasteiger partial charge on any atom is -0.494 e. The van der Waals surface area contributed by atoms with Crippen LogP contribution in [0.2, 0.25) is 0 Å². The summed E-state index contributed by atoms with van der Waals surface area (Å²) in [6, 6.07) is 8.37. The molecule has 1 aliphatic carbocycles. The quantitative estimate of drug-likeness (QED) is 0.262. The summed E-state index contributed by atoms with van der Waals surface area (Å²) in [5.74, 6) is -0.587. The number of rotatable bonds is 10. The number of amides is 1. The zero-order chi connectivity index (χ0) is 30.2. The van der Waals surface area contributed by atoms with Crippen LogP contribution in [0.1, 0.15) is 29.8 Å². The zero-order valence-corrected chi connectivity index (χ0v) is 24.7. The summed E-state index contributed by atoms with van der Waals surface area (Å²) < 4.78 is 35.8. The maximum absolute atomic E-state index is 14.8. The number of nitrogens with one attached hydrogen (secondary N) is 3. The van der Waals surface area contributed by atoms with Crippen molar-refractivity contribution in [2.75, 3.05) is 45.7 Å². The summed E-state index contributed by atoms with van der Waals surface area (Å²) in [5, 5.41) is 6.60. The second-order valence-corrected chi connectivity index (χ2v) is 11.5. The summed E-state index contributed by atoms with van der Waals surface area (Å²) >= 11 is 0. The first-order valence-electron chi connectivity index (χ1n) is 14.7. The van der Waals surface area contributed by atoms with Crippen molar-refractivity contribution in [2.45, 2.75) is 20.3 Å². The van der Waals surface area contributed by atoms with Crippen molar-refractivity contribution < 1.29 is 23.2 Å². The van der Waals surface area contributed by atoms with Crippen molar-refractivity contribution >= 4 is 28.8 Å². The van der Waals surface area contributed by atoms with Gasteiger partial charge < -0.3 is 20.3 Å². The van der Waals surface area contributed by atoms with Crippen molar-refractivity contribution in [3.05, 3.63) is 71.7 Å². The van der Waals surface area contributed by atoms with Crippen molar-refractivity contribution in [3.63, 3.8) is 0 Å². The molecule has 2 unspecified atom stereocenters. The molecule has 0 radical (unpaired) electrons. The van der Waals surface area contributed by atoms with Crippen LogP contribution < -0.4 is 20.3 Å². The molecule has 2 aliphatic rings. The standard InChI is InChI=1S/C32H35F2N7O2/c1-5-20-12-21(6-7-22(20)32(42)39-29-18(2)24(29)17-40(3)16-19-13-35-14-19)38-30-31-37-15-25(41(31)11-10-36-30)23-8-9-26(43-4)28(34)27(23)33/h6-12,15,18-19,24,35H,5,13-14,16-17H2,1-4H3,(H,36,38)/p+1/t18-,24?/m0/s1. The molecule has 224 valence electrons. The first kappa shape index (κ1) is 28.9. The van der Waals surface area contributed by atoms with Crippen LogP contribution >= 0.6 is 0 Å². The molecule has 43 heavy (non-hydrogen) atoms. The number of anilines is 2. The molecule has 1 amide bonds. The van der Waals surface area contributed by atoms with Gasteiger partial charge in [-0.2, -0.15) is 4.39 Å². The fourth-order valence-corrected chi connectivity index (χ4v) is 5.94. The Morgan fingerprint density at radius 1 is 1.19 bits per heavy atom. The van der Waals surface area contributed by atoms with E-state index in [1.165, 1.54) is 30.3 Å². The van der Waals surface area contributed by atoms with Gasteiger partial charge in [0.05, 0.1) is 45.1 Å². The third-order valence-electron chi connectivity index (χ3n) is 8.59. The SMILES string of the molecule is CCc1cc(Nc2nccn3c(-c4ccc(OC)c(F)c4F)cnc23)ccc1C(=O)N=C1C(C[NH+](C)CC2CNC2)[C@@H]1C. The predicted octanol–water partition coefficient (Wildman–Crippen LogP) is 3.57. The Labute approximate surface area is 249 Å². The van der Waals surface area contributed by atoms with Crippen molar-refractivity contribution in [1.82, 2.24) is 19.7 Å². The van der Waals surface area contributed by atoms with Gasteiger partial charge in [-0.25, -0.2) is 19.4 Å². The van der Waals surface area contributed by atoms with Gasteiger partial charge in [-0.1, -0.05) is 13.8 Å². The summed E-state index contributed by atoms with van der Waals surface area (Å²) in [4.78, 5) is 28.1. The normalized spacial score (nSPS) is 19.8. The molecule has 3 heterocycles. The molecular formula is C32H36F2N7O2+. The van der Waals surface area contributed by atoms with Crippen LogP contribution in [-0.4, -0.2) is 66.3 Å². The minimum atomic E-state index is -1.06. The van der Waals surface area contributed by atoms with Gasteiger partial charge >= 0.3 is 0 Å². The number of benzene rings is 2. The number of imidazole rings is 1. The number of aryl methyl sites for hydroxylation is 1. The van der Waals surface area contributed by atoms with Crippen molar-refractivity contribution in [3.8, 4) is 17.0 Å². The first-order valence-corrected chi connectivity index (χ1v) is 14.7. The highest BCUT2D eigenvalue weighted by Gasteiger charge is 2.45. The maximum atomic E-state index is 14.8. The maximum Gasteiger partial charge on any atom is 0.277 e. The van der Waals surface area contributed by atoms with Crippen LogP contribution in [0.5, 0.6) is 5.75 Å². The third-order valence-corrected chi connectivity index (χ3v) is 8.59. The number of carbonyl (C=O) groups is 1. The lowest BCUT2D eigenvalue weighted by Gasteiger charge is -2.29. The highest BCUT2D eigenvalue weighted by Crippen LogP contribution is 2.35. The van der Waals surface area contributed by atoms with E-state index in [-0.39, 0.29) is 17.2 Å². The highest BCUT2D eigenvalue weighted by molar-refractivity contribution is 6.13. The Hall–Kier alpha value is -4.22. The Morgan fingerprint density at radius 2 is 2.00 bits per heavy atom. The van der Waals surface area contributed by atoms with Crippen LogP contribution in [0.15, 0.2) is 53.9 Å². The summed E-state index contributed by atoms with van der Waals surface area (Å²) in [5.41, 5.74) is 4.04. The van der Waals surface area contributed by atoms with Crippen molar-refractivity contribution in [2.24, 2.45) is 22.7 Å². The van der Waals surface area contributed by atoms with Gasteiger partial charge in [0, 0.05) is 59.8 Å². The number of aliphatic imine (C=N–C) groups is 1. The largest absolute Gasteiger partial charge is 0.494 e. The van der Waals surface area contributed by atoms with Gasteiger partial charge in [-0.3, -0.25) is 9.20 Å². The van der Waals surface area contributed by atoms with Gasteiger partial charge in [0.25, 0.3) is 5.91 Å². The molecule has 4 aromatic rings. The van der Waals surface area contributed by atoms with Crippen LogP contribution in [-0.2, 0) is 6.42 Å². The molecule has 1 saturated carbocycles. The zero-order valence-electron chi connectivity index (χ0n) is 24.7. The van der Waals surface area contributed by atoms with E-state index in [0.29, 0.717) is 41.0 Å². The number of quaternary nitrogens is 1. The van der Waals surface area contributed by atoms with Gasteiger partial charge in [0.1, 0.15) is 0 Å². The number of methoxy groups -OCH3 is 1. The second kappa shape index (κ2) is 11.8. The van der Waals surface area contributed by atoms with Crippen LogP contribution in [0, 0.1) is 29.4 Å². The molecule has 3 atom stereocenters. The number of nitrogens with zero attached hydrogens (tertiary/aromatic N) is 4. The minimum absolute atomic E-state index is 0.0524. The lowest BCUT2D eigenvalue weighted by molar-refractivity contribution is -0.885. The molecule has 0 spiro atoms. The predicted molar refractivity (Wildman–Crippen MR) is 161 cm³/mol. The molecule has 3 N–H and O–H groups in total. The Bertz CT molecular complexity index is 1720. The first-order chi connectivity index (χ1) is 20.8. The molecule has 0 bridgehead atoms. The fourth-order valence-electron chi connectivity index (χ4n) is 5.94. The van der Waals surface area contributed by atoms with Crippen LogP contribution in [0.25, 0.3) is 16.9 Å². The van der Waals surface area contributed by atoms with E-state index in [0.717, 1.165) is 49.1 Å². The summed E-state index contributed by atoms with van der Waals surface area (Å²) in [7, 11) is 3.51. The molecule has 2 aromatic carbocycles. The molecular weight excluding hydrogens is 552 g/mol. The van der Waals surface area contributed by atoms with E-state index >= 15 is 0 Å². The topological polar surface area (TPSA) is 97.4 Å². The Morgan fingerprint density at radius 3 is 2.72 bits per heavy atom.